The van der Waals surface area contributed by atoms with E-state index < -0.39 is 6.04 Å². The van der Waals surface area contributed by atoms with Crippen LogP contribution in [0.4, 0.5) is 0 Å². The van der Waals surface area contributed by atoms with Gasteiger partial charge in [0.1, 0.15) is 5.58 Å². The average molecular weight is 409 g/mol. The summed E-state index contributed by atoms with van der Waals surface area (Å²) in [5.41, 5.74) is 4.96. The van der Waals surface area contributed by atoms with E-state index in [9.17, 15) is 9.59 Å². The van der Waals surface area contributed by atoms with E-state index in [1.54, 1.807) is 11.0 Å². The Bertz CT molecular complexity index is 1340. The fourth-order valence-electron chi connectivity index (χ4n) is 4.35. The van der Waals surface area contributed by atoms with Gasteiger partial charge in [-0.15, -0.1) is 0 Å². The summed E-state index contributed by atoms with van der Waals surface area (Å²) in [6.45, 7) is 4.46. The minimum atomic E-state index is -0.450. The van der Waals surface area contributed by atoms with Crippen molar-refractivity contribution in [1.29, 1.82) is 0 Å². The summed E-state index contributed by atoms with van der Waals surface area (Å²) in [6.07, 6.45) is 0.704. The average Bonchev–Trinajstić information content (AvgIpc) is 3.05. The molecule has 1 aliphatic rings. The first kappa shape index (κ1) is 19.3. The van der Waals surface area contributed by atoms with Crippen molar-refractivity contribution in [3.8, 4) is 0 Å². The minimum Gasteiger partial charge on any atom is -0.450 e. The third-order valence-electron chi connectivity index (χ3n) is 6.00. The van der Waals surface area contributed by atoms with Crippen molar-refractivity contribution in [2.24, 2.45) is 0 Å². The molecular weight excluding hydrogens is 386 g/mol. The second-order valence-corrected chi connectivity index (χ2v) is 8.22. The predicted molar refractivity (Wildman–Crippen MR) is 121 cm³/mol. The molecule has 4 aromatic rings. The molecule has 4 nitrogen and oxygen atoms in total. The van der Waals surface area contributed by atoms with Gasteiger partial charge in [-0.2, -0.15) is 0 Å². The second kappa shape index (κ2) is 7.55. The Balaban J connectivity index is 1.65. The van der Waals surface area contributed by atoms with Gasteiger partial charge < -0.3 is 9.32 Å². The van der Waals surface area contributed by atoms with Crippen molar-refractivity contribution in [3.05, 3.63) is 117 Å². The van der Waals surface area contributed by atoms with Gasteiger partial charge in [-0.3, -0.25) is 9.59 Å². The lowest BCUT2D eigenvalue weighted by molar-refractivity contribution is 0.0730. The van der Waals surface area contributed by atoms with Crippen molar-refractivity contribution < 1.29 is 9.21 Å². The summed E-state index contributed by atoms with van der Waals surface area (Å²) in [6, 6.07) is 23.1. The van der Waals surface area contributed by atoms with Crippen molar-refractivity contribution in [2.75, 3.05) is 6.54 Å². The Morgan fingerprint density at radius 2 is 1.58 bits per heavy atom. The maximum absolute atomic E-state index is 13.5. The van der Waals surface area contributed by atoms with Crippen LogP contribution in [-0.4, -0.2) is 17.4 Å². The van der Waals surface area contributed by atoms with Crippen LogP contribution in [-0.2, 0) is 6.42 Å². The van der Waals surface area contributed by atoms with Gasteiger partial charge in [0.05, 0.1) is 17.0 Å². The monoisotopic (exact) mass is 409 g/mol. The first-order chi connectivity index (χ1) is 15.0. The second-order valence-electron chi connectivity index (χ2n) is 8.22. The summed E-state index contributed by atoms with van der Waals surface area (Å²) >= 11 is 0. The van der Waals surface area contributed by atoms with Gasteiger partial charge in [-0.05, 0) is 49.1 Å². The molecular formula is C27H23NO3. The van der Waals surface area contributed by atoms with Crippen molar-refractivity contribution in [1.82, 2.24) is 4.90 Å². The summed E-state index contributed by atoms with van der Waals surface area (Å²) in [5, 5.41) is 0.513. The molecule has 1 amide bonds. The summed E-state index contributed by atoms with van der Waals surface area (Å²) < 4.78 is 6.04. The SMILES string of the molecule is Cc1ccc(C2c3c(oc4cc(C)ccc4c3=O)C(=O)N2CCc2ccccc2)cc1. The highest BCUT2D eigenvalue weighted by Crippen LogP contribution is 2.38. The van der Waals surface area contributed by atoms with E-state index >= 15 is 0 Å². The highest BCUT2D eigenvalue weighted by atomic mass is 16.3. The summed E-state index contributed by atoms with van der Waals surface area (Å²) in [7, 11) is 0. The zero-order chi connectivity index (χ0) is 21.5. The molecule has 0 saturated carbocycles. The summed E-state index contributed by atoms with van der Waals surface area (Å²) in [5.74, 6) is -0.0567. The lowest BCUT2D eigenvalue weighted by Crippen LogP contribution is -2.31. The molecule has 31 heavy (non-hydrogen) atoms. The van der Waals surface area contributed by atoms with Crippen molar-refractivity contribution >= 4 is 16.9 Å². The summed E-state index contributed by atoms with van der Waals surface area (Å²) in [4.78, 5) is 28.7. The molecule has 4 heteroatoms. The lowest BCUT2D eigenvalue weighted by Gasteiger charge is -2.25. The molecule has 0 bridgehead atoms. The van der Waals surface area contributed by atoms with Gasteiger partial charge in [-0.1, -0.05) is 66.2 Å². The Morgan fingerprint density at radius 1 is 0.871 bits per heavy atom. The third-order valence-corrected chi connectivity index (χ3v) is 6.00. The Labute approximate surface area is 180 Å². The van der Waals surface area contributed by atoms with Crippen LogP contribution in [0.5, 0.6) is 0 Å². The van der Waals surface area contributed by atoms with E-state index in [-0.39, 0.29) is 17.1 Å². The number of amides is 1. The van der Waals surface area contributed by atoms with Crippen LogP contribution in [0.3, 0.4) is 0 Å². The first-order valence-corrected chi connectivity index (χ1v) is 10.5. The number of rotatable bonds is 4. The van der Waals surface area contributed by atoms with Crippen molar-refractivity contribution in [3.63, 3.8) is 0 Å². The van der Waals surface area contributed by atoms with Crippen LogP contribution in [0.2, 0.25) is 0 Å². The van der Waals surface area contributed by atoms with Crippen LogP contribution < -0.4 is 5.43 Å². The lowest BCUT2D eigenvalue weighted by atomic mass is 9.97. The minimum absolute atomic E-state index is 0.127. The normalized spacial score (nSPS) is 15.5. The molecule has 0 spiro atoms. The van der Waals surface area contributed by atoms with Crippen molar-refractivity contribution in [2.45, 2.75) is 26.3 Å². The van der Waals surface area contributed by atoms with E-state index in [1.165, 1.54) is 0 Å². The molecule has 1 aliphatic heterocycles. The maximum Gasteiger partial charge on any atom is 0.290 e. The molecule has 0 N–H and O–H groups in total. The van der Waals surface area contributed by atoms with E-state index in [0.717, 1.165) is 22.3 Å². The van der Waals surface area contributed by atoms with Gasteiger partial charge in [0.25, 0.3) is 5.91 Å². The van der Waals surface area contributed by atoms with Crippen LogP contribution in [0.15, 0.2) is 82.0 Å². The largest absolute Gasteiger partial charge is 0.450 e. The topological polar surface area (TPSA) is 50.5 Å². The van der Waals surface area contributed by atoms with E-state index in [4.69, 9.17) is 4.42 Å². The molecule has 154 valence electrons. The molecule has 0 saturated heterocycles. The molecule has 0 fully saturated rings. The molecule has 0 aliphatic carbocycles. The van der Waals surface area contributed by atoms with Crippen LogP contribution in [0.25, 0.3) is 11.0 Å². The zero-order valence-electron chi connectivity index (χ0n) is 17.6. The van der Waals surface area contributed by atoms with Gasteiger partial charge in [0.15, 0.2) is 5.43 Å². The molecule has 0 radical (unpaired) electrons. The number of aryl methyl sites for hydroxylation is 2. The number of carbonyl (C=O) groups excluding carboxylic acids is 1. The number of hydrogen-bond acceptors (Lipinski definition) is 3. The maximum atomic E-state index is 13.5. The highest BCUT2D eigenvalue weighted by molar-refractivity contribution is 5.99. The van der Waals surface area contributed by atoms with E-state index in [0.29, 0.717) is 29.5 Å². The Kier molecular flexibility index (Phi) is 4.70. The third kappa shape index (κ3) is 3.34. The number of hydrogen-bond donors (Lipinski definition) is 0. The fourth-order valence-corrected chi connectivity index (χ4v) is 4.35. The number of nitrogens with zero attached hydrogens (tertiary/aromatic N) is 1. The number of carbonyl (C=O) groups is 1. The molecule has 1 unspecified atom stereocenters. The fraction of sp³-hybridized carbons (Fsp3) is 0.185. The molecule has 3 aromatic carbocycles. The quantitative estimate of drug-likeness (QED) is 0.466. The van der Waals surface area contributed by atoms with E-state index in [2.05, 4.69) is 12.1 Å². The Morgan fingerprint density at radius 3 is 2.32 bits per heavy atom. The van der Waals surface area contributed by atoms with Crippen LogP contribution in [0, 0.1) is 13.8 Å². The number of benzene rings is 3. The molecule has 5 rings (SSSR count). The predicted octanol–water partition coefficient (Wildman–Crippen LogP) is 5.20. The number of fused-ring (bicyclic) bond motifs is 2. The molecule has 1 atom stereocenters. The van der Waals surface area contributed by atoms with Crippen LogP contribution in [0.1, 0.15) is 44.4 Å². The van der Waals surface area contributed by atoms with Gasteiger partial charge in [0.2, 0.25) is 5.76 Å². The zero-order valence-corrected chi connectivity index (χ0v) is 17.6. The first-order valence-electron chi connectivity index (χ1n) is 10.5. The Hall–Kier alpha value is -3.66. The van der Waals surface area contributed by atoms with Gasteiger partial charge in [0, 0.05) is 6.54 Å². The standard InChI is InChI=1S/C27H23NO3/c1-17-8-11-20(12-9-17)24-23-25(29)21-13-10-18(2)16-22(21)31-26(23)27(30)28(24)15-14-19-6-4-3-5-7-19/h3-13,16,24H,14-15H2,1-2H3. The molecule has 2 heterocycles. The van der Waals surface area contributed by atoms with E-state index in [1.807, 2.05) is 68.4 Å². The highest BCUT2D eigenvalue weighted by Gasteiger charge is 2.42. The van der Waals surface area contributed by atoms with Crippen LogP contribution >= 0.6 is 0 Å². The van der Waals surface area contributed by atoms with Gasteiger partial charge >= 0.3 is 0 Å². The molecule has 1 aromatic heterocycles. The van der Waals surface area contributed by atoms with Gasteiger partial charge in [-0.25, -0.2) is 0 Å². The smallest absolute Gasteiger partial charge is 0.290 e.